The Balaban J connectivity index is 2.24. The Hall–Kier alpha value is -0.470. The largest absolute Gasteiger partial charge is 0.327 e. The molecule has 0 bridgehead atoms. The van der Waals surface area contributed by atoms with Gasteiger partial charge < -0.3 is 5.73 Å². The Bertz CT molecular complexity index is 306. The van der Waals surface area contributed by atoms with Crippen molar-refractivity contribution < 1.29 is 0 Å². The van der Waals surface area contributed by atoms with Crippen LogP contribution in [0.5, 0.6) is 0 Å². The normalized spacial score (nSPS) is 31.8. The molecule has 1 saturated carbocycles. The first-order valence-electron chi connectivity index (χ1n) is 4.57. The highest BCUT2D eigenvalue weighted by Gasteiger charge is 2.48. The van der Waals surface area contributed by atoms with Crippen LogP contribution in [0.15, 0.2) is 29.2 Å². The summed E-state index contributed by atoms with van der Waals surface area (Å²) in [5.41, 5.74) is 7.55. The Kier molecular flexibility index (Phi) is 2.12. The predicted molar refractivity (Wildman–Crippen MR) is 58.2 cm³/mol. The van der Waals surface area contributed by atoms with E-state index in [2.05, 4.69) is 37.4 Å². The fourth-order valence-electron chi connectivity index (χ4n) is 1.70. The van der Waals surface area contributed by atoms with Crippen LogP contribution in [0.25, 0.3) is 0 Å². The zero-order valence-corrected chi connectivity index (χ0v) is 8.90. The molecule has 1 nitrogen and oxygen atoms in total. The van der Waals surface area contributed by atoms with Gasteiger partial charge in [-0.2, -0.15) is 0 Å². The van der Waals surface area contributed by atoms with Crippen molar-refractivity contribution in [3.05, 3.63) is 29.8 Å². The van der Waals surface area contributed by atoms with Gasteiger partial charge in [0.25, 0.3) is 0 Å². The molecule has 1 aromatic carbocycles. The monoisotopic (exact) mass is 193 g/mol. The van der Waals surface area contributed by atoms with Crippen molar-refractivity contribution >= 4 is 11.8 Å². The molecular formula is C11H15NS. The van der Waals surface area contributed by atoms with Gasteiger partial charge in [0.05, 0.1) is 0 Å². The van der Waals surface area contributed by atoms with Crippen LogP contribution >= 0.6 is 11.8 Å². The van der Waals surface area contributed by atoms with Gasteiger partial charge in [-0.3, -0.25) is 0 Å². The lowest BCUT2D eigenvalue weighted by Gasteiger charge is -2.10. The summed E-state index contributed by atoms with van der Waals surface area (Å²) in [5.74, 6) is 0. The summed E-state index contributed by atoms with van der Waals surface area (Å²) in [4.78, 5) is 1.32. The van der Waals surface area contributed by atoms with Crippen LogP contribution in [-0.2, 0) is 5.41 Å². The number of hydrogen-bond donors (Lipinski definition) is 1. The minimum atomic E-state index is 0.261. The molecule has 0 saturated heterocycles. The Labute approximate surface area is 83.7 Å². The highest BCUT2D eigenvalue weighted by atomic mass is 32.2. The van der Waals surface area contributed by atoms with Crippen LogP contribution in [0.1, 0.15) is 18.9 Å². The summed E-state index contributed by atoms with van der Waals surface area (Å²) >= 11 is 1.78. The van der Waals surface area contributed by atoms with Gasteiger partial charge in [-0.05, 0) is 30.4 Å². The molecule has 1 aliphatic rings. The van der Waals surface area contributed by atoms with Crippen molar-refractivity contribution in [2.24, 2.45) is 5.73 Å². The zero-order chi connectivity index (χ0) is 9.47. The van der Waals surface area contributed by atoms with E-state index in [0.717, 1.165) is 6.42 Å². The molecular weight excluding hydrogens is 178 g/mol. The summed E-state index contributed by atoms with van der Waals surface area (Å²) in [7, 11) is 0. The summed E-state index contributed by atoms with van der Waals surface area (Å²) in [5, 5.41) is 0. The fraction of sp³-hybridized carbons (Fsp3) is 0.455. The van der Waals surface area contributed by atoms with Gasteiger partial charge in [0.1, 0.15) is 0 Å². The van der Waals surface area contributed by atoms with E-state index in [-0.39, 0.29) is 5.41 Å². The molecule has 0 aromatic heterocycles. The van der Waals surface area contributed by atoms with E-state index in [1.54, 1.807) is 11.8 Å². The molecule has 0 heterocycles. The van der Waals surface area contributed by atoms with Crippen LogP contribution < -0.4 is 5.73 Å². The van der Waals surface area contributed by atoms with Crippen molar-refractivity contribution in [2.45, 2.75) is 29.7 Å². The molecule has 2 atom stereocenters. The minimum absolute atomic E-state index is 0.261. The molecule has 13 heavy (non-hydrogen) atoms. The van der Waals surface area contributed by atoms with Crippen LogP contribution in [-0.4, -0.2) is 12.3 Å². The first-order valence-corrected chi connectivity index (χ1v) is 5.79. The van der Waals surface area contributed by atoms with E-state index in [9.17, 15) is 0 Å². The SMILES string of the molecule is CSc1ccc(C2(C)CC2N)cc1. The van der Waals surface area contributed by atoms with Crippen molar-refractivity contribution in [2.75, 3.05) is 6.26 Å². The number of nitrogens with two attached hydrogens (primary N) is 1. The van der Waals surface area contributed by atoms with Crippen LogP contribution in [0, 0.1) is 0 Å². The molecule has 0 aliphatic heterocycles. The quantitative estimate of drug-likeness (QED) is 0.730. The summed E-state index contributed by atoms with van der Waals surface area (Å²) in [6, 6.07) is 9.14. The molecule has 0 amide bonds. The van der Waals surface area contributed by atoms with Gasteiger partial charge in [0.2, 0.25) is 0 Å². The van der Waals surface area contributed by atoms with Crippen molar-refractivity contribution in [3.63, 3.8) is 0 Å². The number of rotatable bonds is 2. The standard InChI is InChI=1S/C11H15NS/c1-11(7-10(11)12)8-3-5-9(13-2)6-4-8/h3-6,10H,7,12H2,1-2H3. The first kappa shape index (κ1) is 9.10. The topological polar surface area (TPSA) is 26.0 Å². The van der Waals surface area contributed by atoms with Crippen LogP contribution in [0.4, 0.5) is 0 Å². The molecule has 1 fully saturated rings. The number of benzene rings is 1. The third-order valence-corrected chi connectivity index (χ3v) is 3.80. The average molecular weight is 193 g/mol. The molecule has 2 heteroatoms. The highest BCUT2D eigenvalue weighted by Crippen LogP contribution is 2.46. The van der Waals surface area contributed by atoms with E-state index in [4.69, 9.17) is 5.73 Å². The second-order valence-electron chi connectivity index (χ2n) is 3.96. The summed E-state index contributed by atoms with van der Waals surface area (Å²) in [6.45, 7) is 2.24. The molecule has 2 unspecified atom stereocenters. The first-order chi connectivity index (χ1) is 6.16. The van der Waals surface area contributed by atoms with Crippen LogP contribution in [0.2, 0.25) is 0 Å². The fourth-order valence-corrected chi connectivity index (χ4v) is 2.11. The molecule has 0 spiro atoms. The maximum atomic E-state index is 5.90. The number of hydrogen-bond acceptors (Lipinski definition) is 2. The van der Waals surface area contributed by atoms with Crippen molar-refractivity contribution in [1.29, 1.82) is 0 Å². The van der Waals surface area contributed by atoms with E-state index < -0.39 is 0 Å². The van der Waals surface area contributed by atoms with Crippen molar-refractivity contribution in [1.82, 2.24) is 0 Å². The maximum Gasteiger partial charge on any atom is 0.0143 e. The lowest BCUT2D eigenvalue weighted by Crippen LogP contribution is -2.14. The summed E-state index contributed by atoms with van der Waals surface area (Å²) in [6.07, 6.45) is 3.23. The molecule has 1 aromatic rings. The van der Waals surface area contributed by atoms with Crippen LogP contribution in [0.3, 0.4) is 0 Å². The summed E-state index contributed by atoms with van der Waals surface area (Å²) < 4.78 is 0. The third kappa shape index (κ3) is 1.49. The molecule has 1 aliphatic carbocycles. The maximum absolute atomic E-state index is 5.90. The Morgan fingerprint density at radius 2 is 1.92 bits per heavy atom. The zero-order valence-electron chi connectivity index (χ0n) is 8.08. The predicted octanol–water partition coefficient (Wildman–Crippen LogP) is 2.40. The van der Waals surface area contributed by atoms with E-state index in [1.807, 2.05) is 0 Å². The Morgan fingerprint density at radius 1 is 1.38 bits per heavy atom. The molecule has 2 rings (SSSR count). The second kappa shape index (κ2) is 3.03. The third-order valence-electron chi connectivity index (χ3n) is 3.05. The van der Waals surface area contributed by atoms with Gasteiger partial charge in [0.15, 0.2) is 0 Å². The van der Waals surface area contributed by atoms with Gasteiger partial charge >= 0.3 is 0 Å². The average Bonchev–Trinajstić information content (AvgIpc) is 2.76. The van der Waals surface area contributed by atoms with Gasteiger partial charge in [-0.1, -0.05) is 19.1 Å². The van der Waals surface area contributed by atoms with E-state index >= 15 is 0 Å². The van der Waals surface area contributed by atoms with Gasteiger partial charge in [0, 0.05) is 16.4 Å². The van der Waals surface area contributed by atoms with E-state index in [1.165, 1.54) is 10.5 Å². The van der Waals surface area contributed by atoms with Gasteiger partial charge in [-0.25, -0.2) is 0 Å². The van der Waals surface area contributed by atoms with E-state index in [0.29, 0.717) is 6.04 Å². The Morgan fingerprint density at radius 3 is 2.31 bits per heavy atom. The lowest BCUT2D eigenvalue weighted by atomic mass is 9.98. The molecule has 2 N–H and O–H groups in total. The lowest BCUT2D eigenvalue weighted by molar-refractivity contribution is 0.740. The van der Waals surface area contributed by atoms with Crippen molar-refractivity contribution in [3.8, 4) is 0 Å². The molecule has 70 valence electrons. The second-order valence-corrected chi connectivity index (χ2v) is 4.84. The smallest absolute Gasteiger partial charge is 0.0143 e. The highest BCUT2D eigenvalue weighted by molar-refractivity contribution is 7.98. The molecule has 0 radical (unpaired) electrons. The minimum Gasteiger partial charge on any atom is -0.327 e. The number of thioether (sulfide) groups is 1. The van der Waals surface area contributed by atoms with Gasteiger partial charge in [-0.15, -0.1) is 11.8 Å².